The Morgan fingerprint density at radius 1 is 0.800 bits per heavy atom. The number of para-hydroxylation sites is 1. The summed E-state index contributed by atoms with van der Waals surface area (Å²) >= 11 is 0. The van der Waals surface area contributed by atoms with Gasteiger partial charge in [0, 0.05) is 25.2 Å². The minimum absolute atomic E-state index is 0.0348. The smallest absolute Gasteiger partial charge is 0.337 e. The Labute approximate surface area is 260 Å². The zero-order chi connectivity index (χ0) is 31.3. The number of nitrogens with one attached hydrogen (secondary N) is 2. The van der Waals surface area contributed by atoms with Crippen LogP contribution in [0.25, 0.3) is 10.8 Å². The summed E-state index contributed by atoms with van der Waals surface area (Å²) in [6, 6.07) is 27.3. The summed E-state index contributed by atoms with van der Waals surface area (Å²) in [5, 5.41) is 17.2. The van der Waals surface area contributed by atoms with E-state index in [2.05, 4.69) is 10.6 Å². The molecule has 4 aromatic rings. The first-order chi connectivity index (χ1) is 21.9. The molecule has 2 saturated heterocycles. The predicted octanol–water partition coefficient (Wildman–Crippen LogP) is 5.36. The molecule has 0 aliphatic carbocycles. The molecule has 3 N–H and O–H groups in total. The van der Waals surface area contributed by atoms with Crippen molar-refractivity contribution in [3.8, 4) is 0 Å². The van der Waals surface area contributed by atoms with E-state index in [-0.39, 0.29) is 36.2 Å². The van der Waals surface area contributed by atoms with E-state index in [1.54, 1.807) is 12.1 Å². The van der Waals surface area contributed by atoms with Crippen molar-refractivity contribution in [2.24, 2.45) is 0 Å². The summed E-state index contributed by atoms with van der Waals surface area (Å²) in [5.41, 5.74) is 1.72. The molecule has 10 heteroatoms. The van der Waals surface area contributed by atoms with E-state index in [9.17, 15) is 24.3 Å². The first-order valence-corrected chi connectivity index (χ1v) is 15.0. The molecular weight excluding hydrogens is 572 g/mol. The Morgan fingerprint density at radius 3 is 2.33 bits per heavy atom. The molecule has 4 amide bonds. The number of carbonyl (C=O) groups excluding carboxylic acids is 3. The van der Waals surface area contributed by atoms with E-state index in [0.717, 1.165) is 16.3 Å². The summed E-state index contributed by atoms with van der Waals surface area (Å²) in [7, 11) is 0. The van der Waals surface area contributed by atoms with Gasteiger partial charge in [0.15, 0.2) is 0 Å². The fraction of sp³-hybridized carbons (Fsp3) is 0.257. The first kappa shape index (κ1) is 29.8. The van der Waals surface area contributed by atoms with Crippen molar-refractivity contribution in [3.05, 3.63) is 108 Å². The van der Waals surface area contributed by atoms with Crippen molar-refractivity contribution in [2.45, 2.75) is 44.1 Å². The van der Waals surface area contributed by atoms with Crippen LogP contribution in [0.4, 0.5) is 16.2 Å². The molecule has 4 aromatic carbocycles. The van der Waals surface area contributed by atoms with E-state index in [0.29, 0.717) is 31.7 Å². The van der Waals surface area contributed by atoms with E-state index < -0.39 is 30.0 Å². The molecule has 10 nitrogen and oxygen atoms in total. The fourth-order valence-corrected chi connectivity index (χ4v) is 6.12. The Morgan fingerprint density at radius 2 is 1.53 bits per heavy atom. The molecule has 0 saturated carbocycles. The van der Waals surface area contributed by atoms with Crippen LogP contribution in [0.3, 0.4) is 0 Å². The van der Waals surface area contributed by atoms with Gasteiger partial charge in [-0.15, -0.1) is 0 Å². The number of benzene rings is 4. The molecule has 0 aromatic heterocycles. The zero-order valence-corrected chi connectivity index (χ0v) is 24.6. The highest BCUT2D eigenvalue weighted by atomic mass is 16.5. The molecule has 230 valence electrons. The monoisotopic (exact) mass is 606 g/mol. The van der Waals surface area contributed by atoms with Gasteiger partial charge in [0.05, 0.1) is 24.0 Å². The number of hydrogen-bond donors (Lipinski definition) is 3. The van der Waals surface area contributed by atoms with Crippen LogP contribution in [0.5, 0.6) is 0 Å². The van der Waals surface area contributed by atoms with E-state index in [1.807, 2.05) is 72.8 Å². The van der Waals surface area contributed by atoms with Gasteiger partial charge in [0.2, 0.25) is 11.8 Å². The molecule has 3 unspecified atom stereocenters. The number of nitrogens with zero attached hydrogens (tertiary/aromatic N) is 2. The van der Waals surface area contributed by atoms with Crippen molar-refractivity contribution in [1.29, 1.82) is 0 Å². The van der Waals surface area contributed by atoms with Crippen molar-refractivity contribution in [2.75, 3.05) is 23.7 Å². The number of ether oxygens (including phenoxy) is 1. The second kappa shape index (κ2) is 13.2. The maximum atomic E-state index is 14.1. The Kier molecular flexibility index (Phi) is 8.74. The number of anilines is 2. The van der Waals surface area contributed by atoms with Crippen LogP contribution in [0.15, 0.2) is 97.1 Å². The van der Waals surface area contributed by atoms with Crippen LogP contribution in [-0.4, -0.2) is 70.0 Å². The fourth-order valence-electron chi connectivity index (χ4n) is 6.12. The highest BCUT2D eigenvalue weighted by Crippen LogP contribution is 2.29. The van der Waals surface area contributed by atoms with Gasteiger partial charge in [-0.25, -0.2) is 9.59 Å². The van der Waals surface area contributed by atoms with Crippen molar-refractivity contribution < 1.29 is 29.0 Å². The molecule has 0 radical (unpaired) electrons. The van der Waals surface area contributed by atoms with Gasteiger partial charge in [0.1, 0.15) is 12.1 Å². The number of rotatable bonds is 8. The first-order valence-electron chi connectivity index (χ1n) is 15.0. The highest BCUT2D eigenvalue weighted by molar-refractivity contribution is 6.04. The molecule has 2 fully saturated rings. The minimum atomic E-state index is -1.16. The number of carboxylic acids is 1. The van der Waals surface area contributed by atoms with E-state index in [4.69, 9.17) is 4.74 Å². The maximum Gasteiger partial charge on any atom is 0.337 e. The van der Waals surface area contributed by atoms with Gasteiger partial charge in [0.25, 0.3) is 0 Å². The molecular formula is C35H34N4O6. The largest absolute Gasteiger partial charge is 0.478 e. The van der Waals surface area contributed by atoms with Gasteiger partial charge in [-0.2, -0.15) is 0 Å². The summed E-state index contributed by atoms with van der Waals surface area (Å²) in [5.74, 6) is -1.96. The Bertz CT molecular complexity index is 1730. The number of urea groups is 1. The standard InChI is InChI=1S/C35H34N4O6/c40-32(37-29-14-7-6-13-28(29)34(42)43)30-15-8-18-38(30)33(41)31-20-27(45-22-23-9-2-1-3-10-23)21-39(31)35(44)36-26-17-16-24-11-4-5-12-25(24)19-26/h1-7,9-14,16-17,19,27,30-31H,8,15,18,20-22H2,(H,36,44)(H,37,40)(H,42,43). The summed E-state index contributed by atoms with van der Waals surface area (Å²) in [4.78, 5) is 55.9. The van der Waals surface area contributed by atoms with Crippen molar-refractivity contribution in [3.63, 3.8) is 0 Å². The van der Waals surface area contributed by atoms with E-state index in [1.165, 1.54) is 21.9 Å². The number of carbonyl (C=O) groups is 4. The number of aromatic carboxylic acids is 1. The van der Waals surface area contributed by atoms with Crippen LogP contribution >= 0.6 is 0 Å². The second-order valence-corrected chi connectivity index (χ2v) is 11.3. The predicted molar refractivity (Wildman–Crippen MR) is 170 cm³/mol. The molecule has 3 atom stereocenters. The average Bonchev–Trinajstić information content (AvgIpc) is 3.72. The average molecular weight is 607 g/mol. The molecule has 2 aliphatic rings. The zero-order valence-electron chi connectivity index (χ0n) is 24.6. The van der Waals surface area contributed by atoms with Crippen molar-refractivity contribution in [1.82, 2.24) is 9.80 Å². The summed E-state index contributed by atoms with van der Waals surface area (Å²) in [6.07, 6.45) is 0.924. The molecule has 2 heterocycles. The van der Waals surface area contributed by atoms with Gasteiger partial charge in [-0.05, 0) is 53.4 Å². The van der Waals surface area contributed by atoms with Gasteiger partial charge in [-0.3, -0.25) is 9.59 Å². The van der Waals surface area contributed by atoms with Crippen LogP contribution in [0, 0.1) is 0 Å². The summed E-state index contributed by atoms with van der Waals surface area (Å²) in [6.45, 7) is 0.896. The van der Waals surface area contributed by atoms with Crippen LogP contribution in [-0.2, 0) is 20.9 Å². The SMILES string of the molecule is O=C(O)c1ccccc1NC(=O)C1CCCN1C(=O)C1CC(OCc2ccccc2)CN1C(=O)Nc1ccc2ccccc2c1. The van der Waals surface area contributed by atoms with Crippen LogP contribution in [0.2, 0.25) is 0 Å². The van der Waals surface area contributed by atoms with Gasteiger partial charge < -0.3 is 30.3 Å². The topological polar surface area (TPSA) is 128 Å². The third-order valence-corrected chi connectivity index (χ3v) is 8.39. The quantitative estimate of drug-likeness (QED) is 0.248. The van der Waals surface area contributed by atoms with Gasteiger partial charge in [-0.1, -0.05) is 72.8 Å². The Balaban J connectivity index is 1.20. The Hall–Kier alpha value is -5.22. The number of fused-ring (bicyclic) bond motifs is 1. The van der Waals surface area contributed by atoms with Crippen LogP contribution in [0.1, 0.15) is 35.2 Å². The normalized spacial score (nSPS) is 19.4. The van der Waals surface area contributed by atoms with Gasteiger partial charge >= 0.3 is 12.0 Å². The third kappa shape index (κ3) is 6.66. The molecule has 45 heavy (non-hydrogen) atoms. The minimum Gasteiger partial charge on any atom is -0.478 e. The molecule has 0 bridgehead atoms. The lowest BCUT2D eigenvalue weighted by Crippen LogP contribution is -2.52. The number of hydrogen-bond acceptors (Lipinski definition) is 5. The number of carboxylic acid groups (broad SMARTS) is 1. The lowest BCUT2D eigenvalue weighted by atomic mass is 10.1. The number of likely N-dealkylation sites (tertiary alicyclic amines) is 2. The molecule has 0 spiro atoms. The summed E-state index contributed by atoms with van der Waals surface area (Å²) < 4.78 is 6.18. The molecule has 2 aliphatic heterocycles. The third-order valence-electron chi connectivity index (χ3n) is 8.39. The maximum absolute atomic E-state index is 14.1. The highest BCUT2D eigenvalue weighted by Gasteiger charge is 2.45. The second-order valence-electron chi connectivity index (χ2n) is 11.3. The lowest BCUT2D eigenvalue weighted by molar-refractivity contribution is -0.139. The number of amides is 4. The molecule has 6 rings (SSSR count). The lowest BCUT2D eigenvalue weighted by Gasteiger charge is -2.31. The van der Waals surface area contributed by atoms with Crippen LogP contribution < -0.4 is 10.6 Å². The van der Waals surface area contributed by atoms with E-state index >= 15 is 0 Å². The van der Waals surface area contributed by atoms with Crippen molar-refractivity contribution >= 4 is 46.0 Å².